The van der Waals surface area contributed by atoms with Gasteiger partial charge in [-0.25, -0.2) is 9.97 Å². The van der Waals surface area contributed by atoms with E-state index in [0.29, 0.717) is 38.0 Å². The summed E-state index contributed by atoms with van der Waals surface area (Å²) in [5.41, 5.74) is 5.31. The van der Waals surface area contributed by atoms with E-state index in [0.717, 1.165) is 0 Å². The molecule has 1 aromatic heterocycles. The molecule has 15 heavy (non-hydrogen) atoms. The van der Waals surface area contributed by atoms with Crippen LogP contribution in [0.1, 0.15) is 0 Å². The molecule has 0 fully saturated rings. The Balaban J connectivity index is 2.42. The molecule has 3 N–H and O–H groups in total. The van der Waals surface area contributed by atoms with Gasteiger partial charge in [0.05, 0.1) is 6.61 Å². The summed E-state index contributed by atoms with van der Waals surface area (Å²) >= 11 is 0. The third-order valence-electron chi connectivity index (χ3n) is 1.62. The molecule has 0 aliphatic carbocycles. The van der Waals surface area contributed by atoms with Crippen LogP contribution in [0.4, 0.5) is 5.82 Å². The summed E-state index contributed by atoms with van der Waals surface area (Å²) < 4.78 is 10.2. The minimum absolute atomic E-state index is 0.453. The average molecular weight is 212 g/mol. The van der Waals surface area contributed by atoms with Crippen molar-refractivity contribution in [2.24, 2.45) is 5.73 Å². The Hall–Kier alpha value is -1.40. The molecule has 0 saturated heterocycles. The van der Waals surface area contributed by atoms with Crippen molar-refractivity contribution in [1.29, 1.82) is 0 Å². The van der Waals surface area contributed by atoms with Gasteiger partial charge in [-0.15, -0.1) is 0 Å². The van der Waals surface area contributed by atoms with Crippen LogP contribution in [-0.2, 0) is 4.74 Å². The van der Waals surface area contributed by atoms with Crippen molar-refractivity contribution in [3.05, 3.63) is 12.4 Å². The first-order valence-corrected chi connectivity index (χ1v) is 4.74. The van der Waals surface area contributed by atoms with Crippen LogP contribution < -0.4 is 15.8 Å². The van der Waals surface area contributed by atoms with Crippen LogP contribution >= 0.6 is 0 Å². The van der Waals surface area contributed by atoms with Gasteiger partial charge in [-0.3, -0.25) is 0 Å². The van der Waals surface area contributed by atoms with Crippen LogP contribution in [0.25, 0.3) is 0 Å². The van der Waals surface area contributed by atoms with Gasteiger partial charge in [-0.2, -0.15) is 0 Å². The van der Waals surface area contributed by atoms with Crippen molar-refractivity contribution in [1.82, 2.24) is 9.97 Å². The van der Waals surface area contributed by atoms with Gasteiger partial charge < -0.3 is 20.5 Å². The zero-order chi connectivity index (χ0) is 10.9. The number of hydrogen-bond donors (Lipinski definition) is 2. The summed E-state index contributed by atoms with van der Waals surface area (Å²) in [6, 6.07) is 1.73. The second-order valence-electron chi connectivity index (χ2n) is 2.80. The molecule has 0 saturated carbocycles. The van der Waals surface area contributed by atoms with E-state index in [9.17, 15) is 0 Å². The number of ether oxygens (including phenoxy) is 2. The maximum atomic E-state index is 5.31. The molecule has 0 radical (unpaired) electrons. The molecule has 1 aromatic rings. The van der Waals surface area contributed by atoms with Gasteiger partial charge in [0.25, 0.3) is 0 Å². The molecule has 0 aliphatic heterocycles. The van der Waals surface area contributed by atoms with E-state index in [1.807, 2.05) is 0 Å². The lowest BCUT2D eigenvalue weighted by Crippen LogP contribution is -2.12. The highest BCUT2D eigenvalue weighted by molar-refractivity contribution is 5.36. The van der Waals surface area contributed by atoms with Gasteiger partial charge in [0.2, 0.25) is 5.88 Å². The number of nitrogens with two attached hydrogens (primary N) is 1. The van der Waals surface area contributed by atoms with Crippen LogP contribution in [0.2, 0.25) is 0 Å². The number of rotatable bonds is 7. The first kappa shape index (κ1) is 11.7. The van der Waals surface area contributed by atoms with E-state index < -0.39 is 0 Å². The average Bonchev–Trinajstić information content (AvgIpc) is 2.27. The van der Waals surface area contributed by atoms with Gasteiger partial charge in [0, 0.05) is 26.3 Å². The standard InChI is InChI=1S/C9H16N4O2/c1-14-5-3-11-8-6-9(13-7-12-8)15-4-2-10/h6-7H,2-5,10H2,1H3,(H,11,12,13). The van der Waals surface area contributed by atoms with E-state index in [1.165, 1.54) is 6.33 Å². The van der Waals surface area contributed by atoms with E-state index in [2.05, 4.69) is 15.3 Å². The smallest absolute Gasteiger partial charge is 0.218 e. The molecule has 0 amide bonds. The van der Waals surface area contributed by atoms with Crippen molar-refractivity contribution in [3.63, 3.8) is 0 Å². The van der Waals surface area contributed by atoms with Crippen LogP contribution in [0.3, 0.4) is 0 Å². The second-order valence-corrected chi connectivity index (χ2v) is 2.80. The van der Waals surface area contributed by atoms with Crippen LogP contribution in [0.15, 0.2) is 12.4 Å². The van der Waals surface area contributed by atoms with Gasteiger partial charge in [-0.1, -0.05) is 0 Å². The molecule has 1 rings (SSSR count). The summed E-state index contributed by atoms with van der Waals surface area (Å²) in [5.74, 6) is 1.24. The number of aromatic nitrogens is 2. The SMILES string of the molecule is COCCNc1cc(OCCN)ncn1. The van der Waals surface area contributed by atoms with Gasteiger partial charge in [-0.05, 0) is 0 Å². The highest BCUT2D eigenvalue weighted by Crippen LogP contribution is 2.09. The van der Waals surface area contributed by atoms with E-state index in [-0.39, 0.29) is 0 Å². The molecule has 0 aliphatic rings. The molecule has 6 heteroatoms. The van der Waals surface area contributed by atoms with Gasteiger partial charge >= 0.3 is 0 Å². The van der Waals surface area contributed by atoms with Crippen molar-refractivity contribution in [3.8, 4) is 5.88 Å². The number of nitrogens with zero attached hydrogens (tertiary/aromatic N) is 2. The maximum absolute atomic E-state index is 5.31. The fraction of sp³-hybridized carbons (Fsp3) is 0.556. The van der Waals surface area contributed by atoms with Crippen molar-refractivity contribution < 1.29 is 9.47 Å². The van der Waals surface area contributed by atoms with E-state index in [4.69, 9.17) is 15.2 Å². The molecule has 84 valence electrons. The molecule has 0 spiro atoms. The van der Waals surface area contributed by atoms with Crippen molar-refractivity contribution >= 4 is 5.82 Å². The lowest BCUT2D eigenvalue weighted by atomic mass is 10.5. The first-order valence-electron chi connectivity index (χ1n) is 4.74. The zero-order valence-electron chi connectivity index (χ0n) is 8.77. The minimum atomic E-state index is 0.453. The largest absolute Gasteiger partial charge is 0.476 e. The Morgan fingerprint density at radius 2 is 2.27 bits per heavy atom. The Kier molecular flexibility index (Phi) is 5.42. The van der Waals surface area contributed by atoms with Crippen LogP contribution in [-0.4, -0.2) is 43.4 Å². The number of anilines is 1. The number of nitrogens with one attached hydrogen (secondary N) is 1. The molecule has 0 atom stereocenters. The minimum Gasteiger partial charge on any atom is -0.476 e. The van der Waals surface area contributed by atoms with Crippen LogP contribution in [0, 0.1) is 0 Å². The molecule has 1 heterocycles. The van der Waals surface area contributed by atoms with Crippen LogP contribution in [0.5, 0.6) is 5.88 Å². The normalized spacial score (nSPS) is 10.0. The molecule has 0 bridgehead atoms. The van der Waals surface area contributed by atoms with E-state index >= 15 is 0 Å². The first-order chi connectivity index (χ1) is 7.36. The van der Waals surface area contributed by atoms with Gasteiger partial charge in [0.15, 0.2) is 0 Å². The molecule has 0 aromatic carbocycles. The van der Waals surface area contributed by atoms with Crippen molar-refractivity contribution in [2.45, 2.75) is 0 Å². The predicted octanol–water partition coefficient (Wildman–Crippen LogP) is -0.128. The highest BCUT2D eigenvalue weighted by atomic mass is 16.5. The zero-order valence-corrected chi connectivity index (χ0v) is 8.77. The van der Waals surface area contributed by atoms with Gasteiger partial charge in [0.1, 0.15) is 18.8 Å². The third kappa shape index (κ3) is 4.57. The predicted molar refractivity (Wildman–Crippen MR) is 56.9 cm³/mol. The topological polar surface area (TPSA) is 82.3 Å². The highest BCUT2D eigenvalue weighted by Gasteiger charge is 1.98. The maximum Gasteiger partial charge on any atom is 0.218 e. The summed E-state index contributed by atoms with van der Waals surface area (Å²) in [5, 5.41) is 3.08. The fourth-order valence-corrected chi connectivity index (χ4v) is 0.960. The molecule has 6 nitrogen and oxygen atoms in total. The second kappa shape index (κ2) is 6.97. The Morgan fingerprint density at radius 3 is 3.00 bits per heavy atom. The fourth-order valence-electron chi connectivity index (χ4n) is 0.960. The quantitative estimate of drug-likeness (QED) is 0.613. The monoisotopic (exact) mass is 212 g/mol. The lowest BCUT2D eigenvalue weighted by molar-refractivity contribution is 0.210. The molecular formula is C9H16N4O2. The van der Waals surface area contributed by atoms with Crippen molar-refractivity contribution in [2.75, 3.05) is 38.7 Å². The third-order valence-corrected chi connectivity index (χ3v) is 1.62. The molecule has 0 unspecified atom stereocenters. The summed E-state index contributed by atoms with van der Waals surface area (Å²) in [7, 11) is 1.65. The summed E-state index contributed by atoms with van der Waals surface area (Å²) in [6.07, 6.45) is 1.45. The van der Waals surface area contributed by atoms with E-state index in [1.54, 1.807) is 13.2 Å². The molecular weight excluding hydrogens is 196 g/mol. The lowest BCUT2D eigenvalue weighted by Gasteiger charge is -2.06. The Bertz CT molecular complexity index is 283. The Labute approximate surface area is 88.8 Å². The number of methoxy groups -OCH3 is 1. The summed E-state index contributed by atoms with van der Waals surface area (Å²) in [4.78, 5) is 7.98. The Morgan fingerprint density at radius 1 is 1.40 bits per heavy atom. The summed E-state index contributed by atoms with van der Waals surface area (Å²) in [6.45, 7) is 2.25. The number of hydrogen-bond acceptors (Lipinski definition) is 6.